The van der Waals surface area contributed by atoms with Crippen molar-refractivity contribution in [1.29, 1.82) is 0 Å². The number of rotatable bonds is 11. The molecule has 0 bridgehead atoms. The predicted octanol–water partition coefficient (Wildman–Crippen LogP) is 6.55. The minimum absolute atomic E-state index is 0.00269. The van der Waals surface area contributed by atoms with Crippen molar-refractivity contribution in [2.75, 3.05) is 10.6 Å². The van der Waals surface area contributed by atoms with Crippen LogP contribution < -0.4 is 15.4 Å². The van der Waals surface area contributed by atoms with Gasteiger partial charge in [0.15, 0.2) is 0 Å². The molecular formula is C31H31N5O7. The van der Waals surface area contributed by atoms with Gasteiger partial charge in [-0.2, -0.15) is 0 Å². The summed E-state index contributed by atoms with van der Waals surface area (Å²) >= 11 is 0. The third-order valence-corrected chi connectivity index (χ3v) is 7.76. The Hall–Kier alpha value is -5.26. The van der Waals surface area contributed by atoms with Crippen LogP contribution in [0.1, 0.15) is 60.3 Å². The number of nitro benzene ring substituents is 1. The molecule has 222 valence electrons. The number of amides is 1. The zero-order valence-corrected chi connectivity index (χ0v) is 23.4. The predicted molar refractivity (Wildman–Crippen MR) is 157 cm³/mol. The number of ether oxygens (including phenoxy) is 1. The van der Waals surface area contributed by atoms with Crippen molar-refractivity contribution in [2.24, 2.45) is 11.8 Å². The fourth-order valence-corrected chi connectivity index (χ4v) is 5.28. The smallest absolute Gasteiger partial charge is 0.320 e. The summed E-state index contributed by atoms with van der Waals surface area (Å²) in [5.41, 5.74) is 2.15. The number of hydrogen-bond donors (Lipinski definition) is 3. The first-order chi connectivity index (χ1) is 20.8. The molecule has 12 heteroatoms. The number of hydrogen-bond acceptors (Lipinski definition) is 9. The summed E-state index contributed by atoms with van der Waals surface area (Å²) in [6.45, 7) is 2.12. The van der Waals surface area contributed by atoms with Gasteiger partial charge in [0, 0.05) is 17.8 Å². The quantitative estimate of drug-likeness (QED) is 0.130. The van der Waals surface area contributed by atoms with Gasteiger partial charge in [-0.15, -0.1) is 5.10 Å². The van der Waals surface area contributed by atoms with Crippen molar-refractivity contribution < 1.29 is 28.8 Å². The van der Waals surface area contributed by atoms with Gasteiger partial charge in [-0.25, -0.2) is 0 Å². The van der Waals surface area contributed by atoms with Crippen LogP contribution in [0, 0.1) is 22.0 Å². The number of carboxylic acids is 1. The third-order valence-electron chi connectivity index (χ3n) is 7.76. The average Bonchev–Trinajstić information content (AvgIpc) is 3.49. The van der Waals surface area contributed by atoms with Crippen LogP contribution in [0.5, 0.6) is 5.75 Å². The highest BCUT2D eigenvalue weighted by Crippen LogP contribution is 2.40. The van der Waals surface area contributed by atoms with Gasteiger partial charge < -0.3 is 24.9 Å². The van der Waals surface area contributed by atoms with E-state index in [1.165, 1.54) is 12.1 Å². The highest BCUT2D eigenvalue weighted by atomic mass is 16.6. The van der Waals surface area contributed by atoms with E-state index in [0.29, 0.717) is 18.0 Å². The molecule has 1 heterocycles. The molecule has 1 aromatic heterocycles. The van der Waals surface area contributed by atoms with Crippen LogP contribution in [0.4, 0.5) is 23.1 Å². The van der Waals surface area contributed by atoms with E-state index in [2.05, 4.69) is 20.8 Å². The number of nitrogens with zero attached hydrogens (tertiary/aromatic N) is 3. The molecule has 0 spiro atoms. The van der Waals surface area contributed by atoms with Crippen molar-refractivity contribution in [3.8, 4) is 5.75 Å². The number of nitrogens with one attached hydrogen (secondary N) is 2. The molecule has 3 N–H and O–H groups in total. The first kappa shape index (κ1) is 29.2. The van der Waals surface area contributed by atoms with Crippen molar-refractivity contribution in [3.63, 3.8) is 0 Å². The Kier molecular flexibility index (Phi) is 8.94. The second-order valence-electron chi connectivity index (χ2n) is 10.6. The zero-order valence-electron chi connectivity index (χ0n) is 23.4. The number of carbonyl (C=O) groups is 2. The minimum atomic E-state index is -0.804. The first-order valence-corrected chi connectivity index (χ1v) is 14.0. The lowest BCUT2D eigenvalue weighted by Gasteiger charge is -2.30. The van der Waals surface area contributed by atoms with E-state index in [4.69, 9.17) is 9.15 Å². The summed E-state index contributed by atoms with van der Waals surface area (Å²) < 4.78 is 11.3. The molecule has 4 aromatic rings. The monoisotopic (exact) mass is 585 g/mol. The van der Waals surface area contributed by atoms with Gasteiger partial charge in [0.1, 0.15) is 18.0 Å². The molecule has 5 rings (SSSR count). The molecule has 0 saturated heterocycles. The third kappa shape index (κ3) is 7.34. The SMILES string of the molecule is CC(C(=O)O)[C@H]1CC[C@H](c2ccc(NC(=O)c3nnc(Nc4cccc(OCc5ccccc5)c4)o3)c([N+](=O)[O-])c2)CC1. The maximum atomic E-state index is 12.8. The molecule has 0 aliphatic heterocycles. The standard InChI is InChI=1S/C31H31N5O7/c1-19(30(38)39)21-10-12-22(13-11-21)23-14-15-26(27(16-23)36(40)41)33-28(37)29-34-35-31(43-29)32-24-8-5-9-25(17-24)42-18-20-6-3-2-4-7-20/h2-9,14-17,19,21-22H,10-13,18H2,1H3,(H,32,35)(H,33,37)(H,38,39)/t19?,21-,22-. The van der Waals surface area contributed by atoms with E-state index >= 15 is 0 Å². The molecule has 3 aromatic carbocycles. The lowest BCUT2D eigenvalue weighted by atomic mass is 9.74. The number of aliphatic carboxylic acids is 1. The number of carboxylic acid groups (broad SMARTS) is 1. The Labute approximate surface area is 247 Å². The van der Waals surface area contributed by atoms with Gasteiger partial charge in [-0.3, -0.25) is 19.7 Å². The molecule has 1 fully saturated rings. The fraction of sp³-hybridized carbons (Fsp3) is 0.290. The van der Waals surface area contributed by atoms with E-state index in [0.717, 1.165) is 36.8 Å². The molecule has 1 aliphatic carbocycles. The van der Waals surface area contributed by atoms with Gasteiger partial charge in [0.2, 0.25) is 0 Å². The second-order valence-corrected chi connectivity index (χ2v) is 10.6. The summed E-state index contributed by atoms with van der Waals surface area (Å²) in [7, 11) is 0. The second kappa shape index (κ2) is 13.1. The van der Waals surface area contributed by atoms with Crippen molar-refractivity contribution >= 4 is 35.0 Å². The van der Waals surface area contributed by atoms with Crippen LogP contribution in [0.3, 0.4) is 0 Å². The van der Waals surface area contributed by atoms with Crippen molar-refractivity contribution in [2.45, 2.75) is 45.1 Å². The van der Waals surface area contributed by atoms with Gasteiger partial charge in [0.05, 0.1) is 10.8 Å². The van der Waals surface area contributed by atoms with Crippen molar-refractivity contribution in [1.82, 2.24) is 10.2 Å². The van der Waals surface area contributed by atoms with Crippen LogP contribution >= 0.6 is 0 Å². The Morgan fingerprint density at radius 1 is 1.05 bits per heavy atom. The van der Waals surface area contributed by atoms with E-state index in [9.17, 15) is 24.8 Å². The molecule has 1 saturated carbocycles. The van der Waals surface area contributed by atoms with E-state index in [1.54, 1.807) is 31.2 Å². The van der Waals surface area contributed by atoms with Gasteiger partial charge in [0.25, 0.3) is 5.69 Å². The Morgan fingerprint density at radius 2 is 1.81 bits per heavy atom. The Bertz CT molecular complexity index is 1600. The largest absolute Gasteiger partial charge is 0.489 e. The number of anilines is 3. The molecule has 0 radical (unpaired) electrons. The van der Waals surface area contributed by atoms with Crippen LogP contribution in [0.25, 0.3) is 0 Å². The zero-order chi connectivity index (χ0) is 30.3. The Balaban J connectivity index is 1.20. The van der Waals surface area contributed by atoms with Crippen molar-refractivity contribution in [3.05, 3.63) is 99.9 Å². The van der Waals surface area contributed by atoms with Gasteiger partial charge in [-0.05, 0) is 66.8 Å². The van der Waals surface area contributed by atoms with Gasteiger partial charge in [-0.1, -0.05) is 54.5 Å². The highest BCUT2D eigenvalue weighted by molar-refractivity contribution is 6.02. The van der Waals surface area contributed by atoms with E-state index < -0.39 is 22.7 Å². The van der Waals surface area contributed by atoms with E-state index in [-0.39, 0.29) is 35.1 Å². The topological polar surface area (TPSA) is 170 Å². The lowest BCUT2D eigenvalue weighted by molar-refractivity contribution is -0.384. The molecule has 1 aliphatic rings. The summed E-state index contributed by atoms with van der Waals surface area (Å²) in [5, 5.41) is 34.2. The summed E-state index contributed by atoms with van der Waals surface area (Å²) in [6.07, 6.45) is 2.96. The first-order valence-electron chi connectivity index (χ1n) is 14.0. The Morgan fingerprint density at radius 3 is 2.53 bits per heavy atom. The maximum absolute atomic E-state index is 12.8. The fourth-order valence-electron chi connectivity index (χ4n) is 5.28. The van der Waals surface area contributed by atoms with Crippen LogP contribution in [-0.4, -0.2) is 32.1 Å². The molecular weight excluding hydrogens is 554 g/mol. The number of nitro groups is 1. The minimum Gasteiger partial charge on any atom is -0.489 e. The number of benzene rings is 3. The summed E-state index contributed by atoms with van der Waals surface area (Å²) in [6, 6.07) is 21.5. The maximum Gasteiger partial charge on any atom is 0.320 e. The molecule has 1 amide bonds. The molecule has 12 nitrogen and oxygen atoms in total. The number of carbonyl (C=O) groups excluding carboxylic acids is 1. The normalized spacial score (nSPS) is 17.0. The average molecular weight is 586 g/mol. The van der Waals surface area contributed by atoms with Crippen LogP contribution in [0.2, 0.25) is 0 Å². The van der Waals surface area contributed by atoms with Crippen LogP contribution in [0.15, 0.2) is 77.2 Å². The van der Waals surface area contributed by atoms with Gasteiger partial charge >= 0.3 is 23.8 Å². The summed E-state index contributed by atoms with van der Waals surface area (Å²) in [4.78, 5) is 35.5. The number of aromatic nitrogens is 2. The van der Waals surface area contributed by atoms with E-state index in [1.807, 2.05) is 36.4 Å². The highest BCUT2D eigenvalue weighted by Gasteiger charge is 2.30. The molecule has 1 unspecified atom stereocenters. The molecule has 1 atom stereocenters. The molecule has 43 heavy (non-hydrogen) atoms. The lowest BCUT2D eigenvalue weighted by Crippen LogP contribution is -2.24. The summed E-state index contributed by atoms with van der Waals surface area (Å²) in [5.74, 6) is -1.60. The van der Waals surface area contributed by atoms with Crippen LogP contribution in [-0.2, 0) is 11.4 Å².